The van der Waals surface area contributed by atoms with Crippen LogP contribution in [0.25, 0.3) is 10.9 Å². The maximum absolute atomic E-state index is 13.1. The minimum Gasteiger partial charge on any atom is -0.378 e. The van der Waals surface area contributed by atoms with Crippen molar-refractivity contribution in [3.63, 3.8) is 0 Å². The van der Waals surface area contributed by atoms with Gasteiger partial charge in [0.15, 0.2) is 5.78 Å². The number of hydrogen-bond acceptors (Lipinski definition) is 3. The van der Waals surface area contributed by atoms with Crippen molar-refractivity contribution >= 4 is 28.3 Å². The van der Waals surface area contributed by atoms with E-state index in [0.29, 0.717) is 23.4 Å². The van der Waals surface area contributed by atoms with Crippen molar-refractivity contribution in [1.29, 1.82) is 0 Å². The molecule has 0 radical (unpaired) electrons. The molecule has 1 atom stereocenters. The fraction of sp³-hybridized carbons (Fsp3) is 0.259. The number of nitrogens with one attached hydrogen (secondary N) is 3. The second-order valence-corrected chi connectivity index (χ2v) is 8.72. The molecule has 3 N–H and O–H groups in total. The van der Waals surface area contributed by atoms with Gasteiger partial charge in [0, 0.05) is 60.6 Å². The molecule has 0 saturated carbocycles. The van der Waals surface area contributed by atoms with Crippen molar-refractivity contribution in [3.8, 4) is 0 Å². The van der Waals surface area contributed by atoms with Gasteiger partial charge in [0.2, 0.25) is 0 Å². The van der Waals surface area contributed by atoms with Gasteiger partial charge in [-0.05, 0) is 55.7 Å². The van der Waals surface area contributed by atoms with Gasteiger partial charge in [-0.15, -0.1) is 0 Å². The number of carbonyl (C=O) groups excluding carboxylic acids is 2. The smallest absolute Gasteiger partial charge is 0.268 e. The monoisotopic (exact) mass is 442 g/mol. The highest BCUT2D eigenvalue weighted by Gasteiger charge is 2.23. The van der Waals surface area contributed by atoms with Gasteiger partial charge in [0.05, 0.1) is 0 Å². The Morgan fingerprint density at radius 3 is 2.36 bits per heavy atom. The molecule has 0 bridgehead atoms. The van der Waals surface area contributed by atoms with E-state index in [1.165, 1.54) is 6.92 Å². The van der Waals surface area contributed by atoms with E-state index < -0.39 is 0 Å². The van der Waals surface area contributed by atoms with E-state index in [2.05, 4.69) is 56.6 Å². The number of Topliss-reactive ketones (excluding diaryl/α,β-unsaturated/α-hetero) is 1. The zero-order chi connectivity index (χ0) is 23.7. The fourth-order valence-electron chi connectivity index (χ4n) is 4.58. The summed E-state index contributed by atoms with van der Waals surface area (Å²) in [6.07, 6.45) is 2.03. The number of aromatic amines is 2. The third kappa shape index (κ3) is 4.29. The Labute approximate surface area is 194 Å². The van der Waals surface area contributed by atoms with Gasteiger partial charge in [-0.1, -0.05) is 30.3 Å². The van der Waals surface area contributed by atoms with E-state index in [1.807, 2.05) is 46.3 Å². The fourth-order valence-corrected chi connectivity index (χ4v) is 4.58. The van der Waals surface area contributed by atoms with Crippen molar-refractivity contribution < 1.29 is 9.59 Å². The Kier molecular flexibility index (Phi) is 6.09. The number of ketones is 1. The zero-order valence-corrected chi connectivity index (χ0v) is 19.7. The Hall–Kier alpha value is -3.80. The minimum atomic E-state index is -0.210. The maximum atomic E-state index is 13.1. The molecule has 170 valence electrons. The zero-order valence-electron chi connectivity index (χ0n) is 19.7. The molecule has 0 aliphatic carbocycles. The first kappa shape index (κ1) is 22.4. The molecule has 6 heteroatoms. The molecule has 1 unspecified atom stereocenters. The largest absolute Gasteiger partial charge is 0.378 e. The van der Waals surface area contributed by atoms with E-state index in [9.17, 15) is 9.59 Å². The molecule has 4 aromatic rings. The summed E-state index contributed by atoms with van der Waals surface area (Å²) in [6, 6.07) is 16.6. The van der Waals surface area contributed by atoms with Gasteiger partial charge >= 0.3 is 0 Å². The molecular weight excluding hydrogens is 412 g/mol. The molecule has 2 heterocycles. The van der Waals surface area contributed by atoms with Crippen LogP contribution in [0, 0.1) is 13.8 Å². The van der Waals surface area contributed by atoms with Crippen LogP contribution in [0.3, 0.4) is 0 Å². The lowest BCUT2D eigenvalue weighted by Gasteiger charge is -2.20. The summed E-state index contributed by atoms with van der Waals surface area (Å²) in [5.41, 5.74) is 6.88. The molecular formula is C27H30N4O2. The first-order chi connectivity index (χ1) is 15.8. The van der Waals surface area contributed by atoms with Crippen LogP contribution in [0.4, 0.5) is 5.69 Å². The van der Waals surface area contributed by atoms with Crippen LogP contribution in [0.2, 0.25) is 0 Å². The van der Waals surface area contributed by atoms with E-state index in [1.54, 1.807) is 0 Å². The van der Waals surface area contributed by atoms with Crippen LogP contribution in [0.1, 0.15) is 56.1 Å². The van der Waals surface area contributed by atoms with E-state index in [-0.39, 0.29) is 17.6 Å². The third-order valence-corrected chi connectivity index (χ3v) is 6.29. The van der Waals surface area contributed by atoms with E-state index in [4.69, 9.17) is 0 Å². The second-order valence-electron chi connectivity index (χ2n) is 8.72. The minimum absolute atomic E-state index is 0.0371. The first-order valence-electron chi connectivity index (χ1n) is 11.1. The standard InChI is InChI=1S/C27H30N4O2/c1-16-25(18(3)32)17(2)30-26(16)27(33)29-14-22(19-10-12-20(13-11-19)31(4)5)23-15-28-24-9-7-6-8-21(23)24/h6-13,15,22,28,30H,14H2,1-5H3,(H,29,33). The van der Waals surface area contributed by atoms with Crippen LogP contribution in [0.15, 0.2) is 54.7 Å². The van der Waals surface area contributed by atoms with Gasteiger partial charge in [-0.2, -0.15) is 0 Å². The number of para-hydroxylation sites is 1. The number of carbonyl (C=O) groups is 2. The van der Waals surface area contributed by atoms with Gasteiger partial charge < -0.3 is 20.2 Å². The number of rotatable bonds is 7. The van der Waals surface area contributed by atoms with Crippen molar-refractivity contribution in [1.82, 2.24) is 15.3 Å². The Morgan fingerprint density at radius 2 is 1.73 bits per heavy atom. The topological polar surface area (TPSA) is 81.0 Å². The van der Waals surface area contributed by atoms with Crippen LogP contribution >= 0.6 is 0 Å². The second kappa shape index (κ2) is 8.98. The number of nitrogens with zero attached hydrogens (tertiary/aromatic N) is 1. The summed E-state index contributed by atoms with van der Waals surface area (Å²) in [7, 11) is 4.03. The summed E-state index contributed by atoms with van der Waals surface area (Å²) in [6.45, 7) is 5.58. The average Bonchev–Trinajstić information content (AvgIpc) is 3.34. The predicted octanol–water partition coefficient (Wildman–Crippen LogP) is 4.94. The third-order valence-electron chi connectivity index (χ3n) is 6.29. The predicted molar refractivity (Wildman–Crippen MR) is 134 cm³/mol. The molecule has 33 heavy (non-hydrogen) atoms. The molecule has 2 aromatic carbocycles. The average molecular weight is 443 g/mol. The number of H-pyrrole nitrogens is 2. The molecule has 6 nitrogen and oxygen atoms in total. The van der Waals surface area contributed by atoms with Crippen molar-refractivity contribution in [2.45, 2.75) is 26.7 Å². The Balaban J connectivity index is 1.66. The SMILES string of the molecule is CC(=O)c1c(C)[nH]c(C(=O)NCC(c2ccc(N(C)C)cc2)c2c[nH]c3ccccc23)c1C. The number of aromatic nitrogens is 2. The number of amides is 1. The summed E-state index contributed by atoms with van der Waals surface area (Å²) in [5.74, 6) is -0.291. The number of aryl methyl sites for hydroxylation is 1. The van der Waals surface area contributed by atoms with Crippen LogP contribution < -0.4 is 10.2 Å². The molecule has 0 spiro atoms. The van der Waals surface area contributed by atoms with Gasteiger partial charge in [0.1, 0.15) is 5.69 Å². The lowest BCUT2D eigenvalue weighted by Crippen LogP contribution is -2.29. The summed E-state index contributed by atoms with van der Waals surface area (Å²) < 4.78 is 0. The number of benzene rings is 2. The van der Waals surface area contributed by atoms with E-state index in [0.717, 1.165) is 33.4 Å². The number of hydrogen-bond donors (Lipinski definition) is 3. The molecule has 4 rings (SSSR count). The van der Waals surface area contributed by atoms with Crippen LogP contribution in [-0.4, -0.2) is 42.3 Å². The highest BCUT2D eigenvalue weighted by atomic mass is 16.2. The van der Waals surface area contributed by atoms with Gasteiger partial charge in [-0.3, -0.25) is 9.59 Å². The normalized spacial score (nSPS) is 12.0. The summed E-state index contributed by atoms with van der Waals surface area (Å²) in [4.78, 5) is 33.6. The highest BCUT2D eigenvalue weighted by Crippen LogP contribution is 2.31. The van der Waals surface area contributed by atoms with E-state index >= 15 is 0 Å². The number of fused-ring (bicyclic) bond motifs is 1. The van der Waals surface area contributed by atoms with Crippen molar-refractivity contribution in [3.05, 3.63) is 88.4 Å². The Bertz CT molecular complexity index is 1310. The molecule has 1 amide bonds. The molecule has 0 aliphatic rings. The maximum Gasteiger partial charge on any atom is 0.268 e. The molecule has 2 aromatic heterocycles. The highest BCUT2D eigenvalue weighted by molar-refractivity contribution is 6.02. The van der Waals surface area contributed by atoms with Crippen LogP contribution in [-0.2, 0) is 0 Å². The first-order valence-corrected chi connectivity index (χ1v) is 11.1. The van der Waals surface area contributed by atoms with Gasteiger partial charge in [0.25, 0.3) is 5.91 Å². The molecule has 0 fully saturated rings. The lowest BCUT2D eigenvalue weighted by atomic mass is 9.90. The van der Waals surface area contributed by atoms with Crippen molar-refractivity contribution in [2.75, 3.05) is 25.5 Å². The van der Waals surface area contributed by atoms with Crippen molar-refractivity contribution in [2.24, 2.45) is 0 Å². The number of anilines is 1. The van der Waals surface area contributed by atoms with Gasteiger partial charge in [-0.25, -0.2) is 0 Å². The summed E-state index contributed by atoms with van der Waals surface area (Å²) >= 11 is 0. The molecule has 0 aliphatic heterocycles. The molecule has 0 saturated heterocycles. The van der Waals surface area contributed by atoms with Crippen LogP contribution in [0.5, 0.6) is 0 Å². The lowest BCUT2D eigenvalue weighted by molar-refractivity contribution is 0.0947. The quantitative estimate of drug-likeness (QED) is 0.355. The summed E-state index contributed by atoms with van der Waals surface area (Å²) in [5, 5.41) is 4.24. The Morgan fingerprint density at radius 1 is 1.03 bits per heavy atom.